The largest absolute Gasteiger partial charge is 0.388 e. The molecule has 0 aliphatic carbocycles. The monoisotopic (exact) mass is 320 g/mol. The van der Waals surface area contributed by atoms with Crippen LogP contribution < -0.4 is 5.56 Å². The number of fused-ring (bicyclic) bond motifs is 1. The molecule has 1 aromatic carbocycles. The van der Waals surface area contributed by atoms with Crippen molar-refractivity contribution in [1.82, 2.24) is 9.55 Å². The summed E-state index contributed by atoms with van der Waals surface area (Å²) in [5, 5.41) is 10.3. The van der Waals surface area contributed by atoms with Gasteiger partial charge in [-0.3, -0.25) is 9.36 Å². The lowest BCUT2D eigenvalue weighted by Gasteiger charge is -2.19. The zero-order chi connectivity index (χ0) is 14.2. The summed E-state index contributed by atoms with van der Waals surface area (Å²) in [6, 6.07) is 6.97. The van der Waals surface area contributed by atoms with Crippen molar-refractivity contribution in [3.63, 3.8) is 0 Å². The zero-order valence-electron chi connectivity index (χ0n) is 9.98. The molecule has 0 radical (unpaired) electrons. The number of hydrogen-bond donors (Lipinski definition) is 1. The molecule has 0 aliphatic rings. The summed E-state index contributed by atoms with van der Waals surface area (Å²) in [6.45, 7) is 0. The highest BCUT2D eigenvalue weighted by Gasteiger charge is 2.31. The van der Waals surface area contributed by atoms with Gasteiger partial charge in [0.1, 0.15) is 11.9 Å². The molecule has 1 N–H and O–H groups in total. The van der Waals surface area contributed by atoms with Gasteiger partial charge in [0, 0.05) is 13.5 Å². The van der Waals surface area contributed by atoms with E-state index in [1.54, 1.807) is 31.3 Å². The molecule has 0 saturated carbocycles. The fraction of sp³-hybridized carbons (Fsp3) is 0.333. The highest BCUT2D eigenvalue weighted by molar-refractivity contribution is 6.68. The third kappa shape index (κ3) is 3.03. The summed E-state index contributed by atoms with van der Waals surface area (Å²) in [5.74, 6) is 0.363. The molecule has 1 atom stereocenters. The SMILES string of the molecule is Cn1c(C[C@H](O)C(Cl)(Cl)Cl)nc2ccccc2c1=O. The Morgan fingerprint density at radius 1 is 1.37 bits per heavy atom. The van der Waals surface area contributed by atoms with E-state index < -0.39 is 9.90 Å². The number of aliphatic hydroxyl groups is 1. The molecule has 2 aromatic rings. The van der Waals surface area contributed by atoms with Gasteiger partial charge in [-0.1, -0.05) is 46.9 Å². The first-order valence-electron chi connectivity index (χ1n) is 5.50. The number of alkyl halides is 3. The summed E-state index contributed by atoms with van der Waals surface area (Å²) in [4.78, 5) is 16.4. The van der Waals surface area contributed by atoms with Crippen LogP contribution in [0, 0.1) is 0 Å². The minimum atomic E-state index is -1.82. The maximum atomic E-state index is 12.1. The smallest absolute Gasteiger partial charge is 0.261 e. The van der Waals surface area contributed by atoms with Crippen molar-refractivity contribution in [2.45, 2.75) is 16.3 Å². The lowest BCUT2D eigenvalue weighted by atomic mass is 10.2. The van der Waals surface area contributed by atoms with Crippen LogP contribution >= 0.6 is 34.8 Å². The maximum Gasteiger partial charge on any atom is 0.261 e. The maximum absolute atomic E-state index is 12.1. The molecule has 0 bridgehead atoms. The molecule has 1 aromatic heterocycles. The van der Waals surface area contributed by atoms with E-state index >= 15 is 0 Å². The summed E-state index contributed by atoms with van der Waals surface area (Å²) in [6.07, 6.45) is -1.26. The van der Waals surface area contributed by atoms with E-state index in [-0.39, 0.29) is 12.0 Å². The Morgan fingerprint density at radius 2 is 2.00 bits per heavy atom. The predicted octanol–water partition coefficient (Wildman–Crippen LogP) is 2.21. The van der Waals surface area contributed by atoms with Crippen LogP contribution in [0.15, 0.2) is 29.1 Å². The van der Waals surface area contributed by atoms with Crippen LogP contribution in [0.2, 0.25) is 0 Å². The normalized spacial score (nSPS) is 13.7. The summed E-state index contributed by atoms with van der Waals surface area (Å²) < 4.78 is -0.467. The van der Waals surface area contributed by atoms with Crippen molar-refractivity contribution in [2.24, 2.45) is 7.05 Å². The Kier molecular flexibility index (Phi) is 4.06. The fourth-order valence-corrected chi connectivity index (χ4v) is 1.97. The van der Waals surface area contributed by atoms with Crippen molar-refractivity contribution in [2.75, 3.05) is 0 Å². The quantitative estimate of drug-likeness (QED) is 0.863. The molecule has 0 spiro atoms. The van der Waals surface area contributed by atoms with E-state index in [1.165, 1.54) is 4.57 Å². The second-order valence-corrected chi connectivity index (χ2v) is 6.54. The zero-order valence-corrected chi connectivity index (χ0v) is 12.2. The number of benzene rings is 1. The predicted molar refractivity (Wildman–Crippen MR) is 77.0 cm³/mol. The molecule has 7 heteroatoms. The van der Waals surface area contributed by atoms with Crippen LogP contribution in [-0.2, 0) is 13.5 Å². The average molecular weight is 322 g/mol. The van der Waals surface area contributed by atoms with Crippen LogP contribution in [0.25, 0.3) is 10.9 Å². The highest BCUT2D eigenvalue weighted by atomic mass is 35.6. The van der Waals surface area contributed by atoms with Crippen molar-refractivity contribution >= 4 is 45.7 Å². The highest BCUT2D eigenvalue weighted by Crippen LogP contribution is 2.31. The van der Waals surface area contributed by atoms with Crippen molar-refractivity contribution in [3.05, 3.63) is 40.4 Å². The van der Waals surface area contributed by atoms with Crippen LogP contribution in [0.1, 0.15) is 5.82 Å². The van der Waals surface area contributed by atoms with Gasteiger partial charge in [-0.05, 0) is 12.1 Å². The lowest BCUT2D eigenvalue weighted by molar-refractivity contribution is 0.175. The van der Waals surface area contributed by atoms with Gasteiger partial charge in [0.05, 0.1) is 10.9 Å². The van der Waals surface area contributed by atoms with Gasteiger partial charge in [-0.2, -0.15) is 0 Å². The minimum absolute atomic E-state index is 0.0208. The van der Waals surface area contributed by atoms with Crippen LogP contribution in [0.3, 0.4) is 0 Å². The molecule has 4 nitrogen and oxygen atoms in total. The molecule has 1 heterocycles. The number of rotatable bonds is 2. The molecule has 0 amide bonds. The molecule has 2 rings (SSSR count). The summed E-state index contributed by atoms with van der Waals surface area (Å²) in [5.41, 5.74) is 0.356. The number of halogens is 3. The number of para-hydroxylation sites is 1. The Bertz CT molecular complexity index is 664. The molecule has 102 valence electrons. The Hall–Kier alpha value is -0.810. The van der Waals surface area contributed by atoms with Crippen molar-refractivity contribution in [1.29, 1.82) is 0 Å². The first-order valence-corrected chi connectivity index (χ1v) is 6.63. The first-order chi connectivity index (χ1) is 8.80. The van der Waals surface area contributed by atoms with Gasteiger partial charge < -0.3 is 5.11 Å². The van der Waals surface area contributed by atoms with Crippen molar-refractivity contribution in [3.8, 4) is 0 Å². The van der Waals surface area contributed by atoms with Crippen molar-refractivity contribution < 1.29 is 5.11 Å². The second-order valence-electron chi connectivity index (χ2n) is 4.17. The Balaban J connectivity index is 2.50. The molecule has 0 saturated heterocycles. The lowest BCUT2D eigenvalue weighted by Crippen LogP contribution is -2.31. The molecule has 0 fully saturated rings. The number of hydrogen-bond acceptors (Lipinski definition) is 3. The van der Waals surface area contributed by atoms with Gasteiger partial charge in [-0.25, -0.2) is 4.98 Å². The van der Waals surface area contributed by atoms with Crippen LogP contribution in [0.4, 0.5) is 0 Å². The van der Waals surface area contributed by atoms with E-state index in [0.29, 0.717) is 16.7 Å². The number of aliphatic hydroxyl groups excluding tert-OH is 1. The first kappa shape index (κ1) is 14.6. The average Bonchev–Trinajstić information content (AvgIpc) is 2.34. The van der Waals surface area contributed by atoms with E-state index in [0.717, 1.165) is 0 Å². The second kappa shape index (κ2) is 5.29. The van der Waals surface area contributed by atoms with Gasteiger partial charge >= 0.3 is 0 Å². The van der Waals surface area contributed by atoms with E-state index in [1.807, 2.05) is 0 Å². The van der Waals surface area contributed by atoms with Gasteiger partial charge in [0.25, 0.3) is 5.56 Å². The third-order valence-corrected chi connectivity index (χ3v) is 3.59. The topological polar surface area (TPSA) is 55.1 Å². The molecular weight excluding hydrogens is 311 g/mol. The Morgan fingerprint density at radius 3 is 2.63 bits per heavy atom. The minimum Gasteiger partial charge on any atom is -0.388 e. The van der Waals surface area contributed by atoms with Gasteiger partial charge in [0.15, 0.2) is 0 Å². The van der Waals surface area contributed by atoms with Crippen LogP contribution in [0.5, 0.6) is 0 Å². The Labute approximate surface area is 124 Å². The molecule has 0 unspecified atom stereocenters. The number of aromatic nitrogens is 2. The summed E-state index contributed by atoms with van der Waals surface area (Å²) >= 11 is 16.8. The number of nitrogens with zero attached hydrogens (tertiary/aromatic N) is 2. The molecular formula is C12H11Cl3N2O2. The van der Waals surface area contributed by atoms with Gasteiger partial charge in [-0.15, -0.1) is 0 Å². The molecule has 19 heavy (non-hydrogen) atoms. The third-order valence-electron chi connectivity index (χ3n) is 2.83. The van der Waals surface area contributed by atoms with Gasteiger partial charge in [0.2, 0.25) is 3.79 Å². The van der Waals surface area contributed by atoms with E-state index in [9.17, 15) is 9.90 Å². The van der Waals surface area contributed by atoms with Crippen LogP contribution in [-0.4, -0.2) is 24.6 Å². The standard InChI is InChI=1S/C12H11Cl3N2O2/c1-17-10(6-9(18)12(13,14)15)16-8-5-3-2-4-7(8)11(17)19/h2-5,9,18H,6H2,1H3/t9-/m0/s1. The molecule has 0 aliphatic heterocycles. The van der Waals surface area contributed by atoms with E-state index in [2.05, 4.69) is 4.98 Å². The fourth-order valence-electron chi connectivity index (χ4n) is 1.74. The van der Waals surface area contributed by atoms with E-state index in [4.69, 9.17) is 34.8 Å². The summed E-state index contributed by atoms with van der Waals surface area (Å²) in [7, 11) is 1.57.